The van der Waals surface area contributed by atoms with Crippen molar-refractivity contribution in [2.24, 2.45) is 5.41 Å². The highest BCUT2D eigenvalue weighted by Gasteiger charge is 2.51. The van der Waals surface area contributed by atoms with Crippen LogP contribution in [0.5, 0.6) is 5.75 Å². The van der Waals surface area contributed by atoms with Crippen LogP contribution in [0.1, 0.15) is 57.7 Å². The number of rotatable bonds is 12. The highest BCUT2D eigenvalue weighted by Crippen LogP contribution is 2.39. The number of ether oxygens (including phenoxy) is 1. The summed E-state index contributed by atoms with van der Waals surface area (Å²) in [4.78, 5) is 38.5. The van der Waals surface area contributed by atoms with Crippen molar-refractivity contribution >= 4 is 46.4 Å². The van der Waals surface area contributed by atoms with Gasteiger partial charge < -0.3 is 10.1 Å². The molecule has 3 aromatic rings. The van der Waals surface area contributed by atoms with Gasteiger partial charge in [0.05, 0.1) is 21.2 Å². The van der Waals surface area contributed by atoms with Crippen molar-refractivity contribution in [1.29, 1.82) is 0 Å². The van der Waals surface area contributed by atoms with Crippen molar-refractivity contribution in [2.45, 2.75) is 51.9 Å². The van der Waals surface area contributed by atoms with E-state index in [2.05, 4.69) is 5.32 Å². The van der Waals surface area contributed by atoms with Gasteiger partial charge in [-0.25, -0.2) is 8.78 Å². The van der Waals surface area contributed by atoms with Crippen LogP contribution in [0.4, 0.5) is 40.8 Å². The van der Waals surface area contributed by atoms with E-state index in [9.17, 15) is 49.5 Å². The maximum absolute atomic E-state index is 13.3. The van der Waals surface area contributed by atoms with Gasteiger partial charge in [-0.2, -0.15) is 26.3 Å². The minimum atomic E-state index is -4.84. The molecule has 0 aromatic heterocycles. The first-order valence-electron chi connectivity index (χ1n) is 13.3. The van der Waals surface area contributed by atoms with Gasteiger partial charge in [0.2, 0.25) is 0 Å². The number of amides is 1. The van der Waals surface area contributed by atoms with E-state index in [1.54, 1.807) is 0 Å². The van der Waals surface area contributed by atoms with E-state index in [0.717, 1.165) is 38.1 Å². The molecule has 0 aliphatic carbocycles. The summed E-state index contributed by atoms with van der Waals surface area (Å²) in [6, 6.07) is 10.3. The molecule has 0 radical (unpaired) electrons. The molecule has 1 amide bonds. The first kappa shape index (κ1) is 36.8. The fourth-order valence-electron chi connectivity index (χ4n) is 4.11. The molecule has 3 rings (SSSR count). The fourth-order valence-corrected chi connectivity index (χ4v) is 4.56. The number of hydrogen-bond acceptors (Lipinski definition) is 4. The average Bonchev–Trinajstić information content (AvgIpc) is 2.95. The van der Waals surface area contributed by atoms with E-state index in [-0.39, 0.29) is 39.6 Å². The maximum atomic E-state index is 13.3. The van der Waals surface area contributed by atoms with Crippen LogP contribution in [0.15, 0.2) is 54.6 Å². The molecule has 0 heterocycles. The molecule has 46 heavy (non-hydrogen) atoms. The van der Waals surface area contributed by atoms with Crippen LogP contribution in [-0.2, 0) is 23.8 Å². The molecule has 15 heteroatoms. The monoisotopic (exact) mass is 697 g/mol. The Bertz CT molecular complexity index is 1620. The first-order chi connectivity index (χ1) is 21.2. The van der Waals surface area contributed by atoms with Gasteiger partial charge in [-0.05, 0) is 73.9 Å². The summed E-state index contributed by atoms with van der Waals surface area (Å²) < 4.78 is 110. The Balaban J connectivity index is 1.86. The van der Waals surface area contributed by atoms with E-state index in [4.69, 9.17) is 27.9 Å². The van der Waals surface area contributed by atoms with E-state index in [1.165, 1.54) is 24.3 Å². The quantitative estimate of drug-likeness (QED) is 0.151. The van der Waals surface area contributed by atoms with Crippen molar-refractivity contribution < 1.29 is 54.2 Å². The lowest BCUT2D eigenvalue weighted by atomic mass is 9.84. The fraction of sp³-hybridized carbons (Fsp3) is 0.323. The van der Waals surface area contributed by atoms with E-state index < -0.39 is 71.7 Å². The predicted octanol–water partition coefficient (Wildman–Crippen LogP) is 9.42. The number of hydrogen-bond donors (Lipinski definition) is 1. The van der Waals surface area contributed by atoms with Gasteiger partial charge >= 0.3 is 12.4 Å². The molecule has 0 atom stereocenters. The van der Waals surface area contributed by atoms with Gasteiger partial charge in [-0.15, -0.1) is 0 Å². The van der Waals surface area contributed by atoms with Crippen LogP contribution in [0.25, 0.3) is 0 Å². The lowest BCUT2D eigenvalue weighted by Gasteiger charge is -2.26. The topological polar surface area (TPSA) is 72.5 Å². The number of halogens is 10. The molecular weight excluding hydrogens is 673 g/mol. The van der Waals surface area contributed by atoms with Gasteiger partial charge in [-0.3, -0.25) is 14.4 Å². The molecule has 0 aliphatic heterocycles. The summed E-state index contributed by atoms with van der Waals surface area (Å²) in [5.74, 6) is -3.03. The Morgan fingerprint density at radius 1 is 0.826 bits per heavy atom. The minimum Gasteiger partial charge on any atom is -0.487 e. The van der Waals surface area contributed by atoms with E-state index in [1.807, 2.05) is 0 Å². The minimum absolute atomic E-state index is 0.00578. The van der Waals surface area contributed by atoms with E-state index >= 15 is 0 Å². The third-order valence-corrected chi connectivity index (χ3v) is 7.58. The molecule has 0 aliphatic rings. The Kier molecular flexibility index (Phi) is 11.5. The Morgan fingerprint density at radius 2 is 1.43 bits per heavy atom. The summed E-state index contributed by atoms with van der Waals surface area (Å²) in [6.07, 6.45) is -13.5. The third kappa shape index (κ3) is 9.18. The number of carbonyl (C=O) groups excluding carboxylic acids is 3. The maximum Gasteiger partial charge on any atom is 0.417 e. The molecule has 5 nitrogen and oxygen atoms in total. The summed E-state index contributed by atoms with van der Waals surface area (Å²) in [7, 11) is 0. The lowest BCUT2D eigenvalue weighted by molar-refractivity contribution is -0.210. The van der Waals surface area contributed by atoms with Crippen molar-refractivity contribution in [2.75, 3.05) is 11.9 Å². The standard InChI is InChI=1S/C31H25Cl2F8NO4/c1-29(2,31(39,40)41)26(44)10-5-16-3-7-22(32)19(11-16)24(43)13-17-4-9-25(46-15-27(34)35)20(12-17)28(45)42-18-6-8-23(33)21(14-18)30(36,37)38/h3-4,6-9,11-12,14,27H,5,10,13,15H2,1-2H3,(H,42,45). The Morgan fingerprint density at radius 3 is 2.04 bits per heavy atom. The summed E-state index contributed by atoms with van der Waals surface area (Å²) >= 11 is 11.8. The van der Waals surface area contributed by atoms with Crippen molar-refractivity contribution in [3.63, 3.8) is 0 Å². The van der Waals surface area contributed by atoms with Crippen molar-refractivity contribution in [3.05, 3.63) is 92.5 Å². The molecule has 248 valence electrons. The highest BCUT2D eigenvalue weighted by atomic mass is 35.5. The van der Waals surface area contributed by atoms with Gasteiger partial charge in [-0.1, -0.05) is 35.3 Å². The number of aryl methyl sites for hydroxylation is 1. The van der Waals surface area contributed by atoms with Crippen LogP contribution in [0, 0.1) is 5.41 Å². The molecule has 0 saturated heterocycles. The van der Waals surface area contributed by atoms with Gasteiger partial charge in [0, 0.05) is 24.1 Å². The van der Waals surface area contributed by atoms with Gasteiger partial charge in [0.25, 0.3) is 12.3 Å². The number of benzene rings is 3. The Hall–Kier alpha value is -3.71. The zero-order valence-corrected chi connectivity index (χ0v) is 25.5. The molecule has 0 saturated carbocycles. The van der Waals surface area contributed by atoms with Crippen LogP contribution in [0.2, 0.25) is 10.0 Å². The highest BCUT2D eigenvalue weighted by molar-refractivity contribution is 6.34. The summed E-state index contributed by atoms with van der Waals surface area (Å²) in [5, 5.41) is 1.60. The van der Waals surface area contributed by atoms with Crippen molar-refractivity contribution in [3.8, 4) is 5.75 Å². The number of carbonyl (C=O) groups is 3. The summed E-state index contributed by atoms with van der Waals surface area (Å²) in [5.41, 5.74) is -4.00. The molecule has 3 aromatic carbocycles. The molecule has 0 spiro atoms. The zero-order valence-electron chi connectivity index (χ0n) is 24.0. The average molecular weight is 698 g/mol. The summed E-state index contributed by atoms with van der Waals surface area (Å²) in [6.45, 7) is 0.447. The van der Waals surface area contributed by atoms with Crippen LogP contribution in [0.3, 0.4) is 0 Å². The van der Waals surface area contributed by atoms with Crippen LogP contribution in [-0.4, -0.2) is 36.7 Å². The van der Waals surface area contributed by atoms with Crippen molar-refractivity contribution in [1.82, 2.24) is 0 Å². The largest absolute Gasteiger partial charge is 0.487 e. The second-order valence-electron chi connectivity index (χ2n) is 10.6. The molecule has 0 fully saturated rings. The van der Waals surface area contributed by atoms with Crippen LogP contribution < -0.4 is 10.1 Å². The lowest BCUT2D eigenvalue weighted by Crippen LogP contribution is -2.39. The van der Waals surface area contributed by atoms with Crippen LogP contribution >= 0.6 is 23.2 Å². The number of nitrogens with one attached hydrogen (secondary N) is 1. The van der Waals surface area contributed by atoms with Gasteiger partial charge in [0.1, 0.15) is 23.6 Å². The zero-order chi connectivity index (χ0) is 34.6. The van der Waals surface area contributed by atoms with Gasteiger partial charge in [0.15, 0.2) is 5.78 Å². The number of alkyl halides is 8. The number of Topliss-reactive ketones (excluding diaryl/α,β-unsaturated/α-hetero) is 2. The second kappa shape index (κ2) is 14.4. The normalized spacial score (nSPS) is 12.3. The number of anilines is 1. The smallest absolute Gasteiger partial charge is 0.417 e. The number of ketones is 2. The predicted molar refractivity (Wildman–Crippen MR) is 155 cm³/mol. The molecular formula is C31H25Cl2F8NO4. The third-order valence-electron chi connectivity index (χ3n) is 6.93. The van der Waals surface area contributed by atoms with E-state index in [0.29, 0.717) is 11.6 Å². The molecule has 0 unspecified atom stereocenters. The molecule has 0 bridgehead atoms. The molecule has 1 N–H and O–H groups in total. The second-order valence-corrected chi connectivity index (χ2v) is 11.5. The SMILES string of the molecule is CC(C)(C(=O)CCc1ccc(Cl)c(C(=O)Cc2ccc(OCC(F)F)c(C(=O)Nc3ccc(Cl)c(C(F)(F)F)c3)c2)c1)C(F)(F)F. The first-order valence-corrected chi connectivity index (χ1v) is 14.1. The Labute approximate surface area is 267 Å².